The van der Waals surface area contributed by atoms with Crippen molar-refractivity contribution in [2.24, 2.45) is 0 Å². The molecule has 1 aliphatic carbocycles. The summed E-state index contributed by atoms with van der Waals surface area (Å²) in [7, 11) is 0. The van der Waals surface area contributed by atoms with Crippen molar-refractivity contribution in [2.75, 3.05) is 33.0 Å². The van der Waals surface area contributed by atoms with E-state index in [4.69, 9.17) is 9.47 Å². The Morgan fingerprint density at radius 3 is 2.62 bits per heavy atom. The molecule has 2 fully saturated rings. The number of pyridine rings is 1. The van der Waals surface area contributed by atoms with Crippen LogP contribution in [-0.2, 0) is 6.54 Å². The molecule has 2 aromatic carbocycles. The van der Waals surface area contributed by atoms with Crippen LogP contribution in [0.5, 0.6) is 11.5 Å². The quantitative estimate of drug-likeness (QED) is 0.393. The largest absolute Gasteiger partial charge is 0.454 e. The molecule has 208 valence electrons. The first-order valence-electron chi connectivity index (χ1n) is 14.3. The first-order chi connectivity index (χ1) is 19.5. The number of aryl methyl sites for hydroxylation is 2. The van der Waals surface area contributed by atoms with Crippen LogP contribution in [0.2, 0.25) is 0 Å². The van der Waals surface area contributed by atoms with E-state index in [1.807, 2.05) is 10.7 Å². The number of piperazine rings is 1. The van der Waals surface area contributed by atoms with E-state index < -0.39 is 0 Å². The molecule has 10 nitrogen and oxygen atoms in total. The molecule has 7 rings (SSSR count). The molecule has 3 aliphatic rings. The second-order valence-corrected chi connectivity index (χ2v) is 11.3. The van der Waals surface area contributed by atoms with Gasteiger partial charge in [0.1, 0.15) is 6.04 Å². The molecule has 1 saturated carbocycles. The number of tetrazole rings is 1. The van der Waals surface area contributed by atoms with Crippen molar-refractivity contribution >= 4 is 10.9 Å². The minimum Gasteiger partial charge on any atom is -0.454 e. The molecule has 1 saturated heterocycles. The molecule has 1 atom stereocenters. The van der Waals surface area contributed by atoms with Gasteiger partial charge in [-0.05, 0) is 77.4 Å². The van der Waals surface area contributed by atoms with Gasteiger partial charge < -0.3 is 14.5 Å². The van der Waals surface area contributed by atoms with E-state index in [0.29, 0.717) is 5.56 Å². The molecule has 40 heavy (non-hydrogen) atoms. The summed E-state index contributed by atoms with van der Waals surface area (Å²) in [4.78, 5) is 21.7. The van der Waals surface area contributed by atoms with E-state index in [0.717, 1.165) is 84.9 Å². The summed E-state index contributed by atoms with van der Waals surface area (Å²) < 4.78 is 13.0. The van der Waals surface area contributed by atoms with Gasteiger partial charge >= 0.3 is 0 Å². The predicted octanol–water partition coefficient (Wildman–Crippen LogP) is 3.88. The maximum Gasteiger partial charge on any atom is 0.253 e. The summed E-state index contributed by atoms with van der Waals surface area (Å²) in [6.07, 6.45) is 4.51. The molecule has 0 radical (unpaired) electrons. The van der Waals surface area contributed by atoms with Crippen molar-refractivity contribution in [1.82, 2.24) is 35.0 Å². The lowest BCUT2D eigenvalue weighted by Gasteiger charge is -2.39. The monoisotopic (exact) mass is 541 g/mol. The summed E-state index contributed by atoms with van der Waals surface area (Å²) in [5.74, 6) is 2.39. The number of benzene rings is 2. The molecule has 0 amide bonds. The van der Waals surface area contributed by atoms with Crippen LogP contribution in [-0.4, -0.2) is 68.0 Å². The lowest BCUT2D eigenvalue weighted by atomic mass is 9.99. The molecule has 0 spiro atoms. The van der Waals surface area contributed by atoms with Crippen LogP contribution >= 0.6 is 0 Å². The number of aromatic amines is 1. The zero-order valence-electron chi connectivity index (χ0n) is 23.1. The van der Waals surface area contributed by atoms with Crippen molar-refractivity contribution in [1.29, 1.82) is 0 Å². The van der Waals surface area contributed by atoms with Crippen molar-refractivity contribution < 1.29 is 9.47 Å². The van der Waals surface area contributed by atoms with Crippen LogP contribution in [0.4, 0.5) is 0 Å². The number of hydrogen-bond acceptors (Lipinski definition) is 8. The first kappa shape index (κ1) is 25.2. The molecule has 0 unspecified atom stereocenters. The van der Waals surface area contributed by atoms with Crippen LogP contribution in [0.1, 0.15) is 65.8 Å². The normalized spacial score (nSPS) is 19.1. The van der Waals surface area contributed by atoms with Gasteiger partial charge in [0.05, 0.1) is 11.6 Å². The van der Waals surface area contributed by atoms with Crippen molar-refractivity contribution in [3.05, 3.63) is 74.8 Å². The summed E-state index contributed by atoms with van der Waals surface area (Å²) >= 11 is 0. The Morgan fingerprint density at radius 1 is 1.00 bits per heavy atom. The molecule has 2 aliphatic heterocycles. The first-order valence-corrected chi connectivity index (χ1v) is 14.3. The lowest BCUT2D eigenvalue weighted by Crippen LogP contribution is -2.48. The highest BCUT2D eigenvalue weighted by Gasteiger charge is 2.35. The van der Waals surface area contributed by atoms with Gasteiger partial charge in [-0.2, -0.15) is 0 Å². The van der Waals surface area contributed by atoms with Crippen LogP contribution in [0.15, 0.2) is 41.2 Å². The van der Waals surface area contributed by atoms with Crippen molar-refractivity contribution in [2.45, 2.75) is 58.2 Å². The van der Waals surface area contributed by atoms with Crippen molar-refractivity contribution in [3.63, 3.8) is 0 Å². The third kappa shape index (κ3) is 4.54. The van der Waals surface area contributed by atoms with E-state index in [-0.39, 0.29) is 24.4 Å². The molecule has 2 aromatic heterocycles. The molecule has 0 bridgehead atoms. The van der Waals surface area contributed by atoms with Gasteiger partial charge in [-0.3, -0.25) is 14.6 Å². The van der Waals surface area contributed by atoms with Crippen LogP contribution in [0, 0.1) is 13.8 Å². The number of H-pyrrole nitrogens is 1. The third-order valence-electron chi connectivity index (χ3n) is 8.92. The second-order valence-electron chi connectivity index (χ2n) is 11.3. The SMILES string of the molecule is Cc1ccc2cc([C@@H](c3nnnn3C3CCCC3)N3CCN(Cc4ccc5c(c4)OCO5)CC3)c(=O)[nH]c2c1C. The Morgan fingerprint density at radius 2 is 1.80 bits per heavy atom. The predicted molar refractivity (Wildman–Crippen MR) is 151 cm³/mol. The minimum absolute atomic E-state index is 0.0741. The van der Waals surface area contributed by atoms with Gasteiger partial charge in [0, 0.05) is 38.3 Å². The number of fused-ring (bicyclic) bond motifs is 2. The number of nitrogens with one attached hydrogen (secondary N) is 1. The summed E-state index contributed by atoms with van der Waals surface area (Å²) in [5.41, 5.74) is 5.00. The molecular formula is C30H35N7O3. The Labute approximate surface area is 232 Å². The van der Waals surface area contributed by atoms with E-state index in [1.165, 1.54) is 18.4 Å². The van der Waals surface area contributed by atoms with E-state index >= 15 is 0 Å². The fourth-order valence-electron chi connectivity index (χ4n) is 6.51. The zero-order valence-corrected chi connectivity index (χ0v) is 23.1. The standard InChI is InChI=1S/C30H35N7O3/c1-19-7-9-22-16-24(30(38)31-27(22)20(19)2)28(29-32-33-34-37(29)23-5-3-4-6-23)36-13-11-35(12-14-36)17-21-8-10-25-26(15-21)40-18-39-25/h7-10,15-16,23,28H,3-6,11-14,17-18H2,1-2H3,(H,31,38)/t28-/m0/s1. The summed E-state index contributed by atoms with van der Waals surface area (Å²) in [6.45, 7) is 8.61. The van der Waals surface area contributed by atoms with Crippen LogP contribution < -0.4 is 15.0 Å². The highest BCUT2D eigenvalue weighted by Crippen LogP contribution is 2.35. The van der Waals surface area contributed by atoms with E-state index in [2.05, 4.69) is 74.5 Å². The average molecular weight is 542 g/mol. The van der Waals surface area contributed by atoms with Crippen molar-refractivity contribution in [3.8, 4) is 11.5 Å². The number of ether oxygens (including phenoxy) is 2. The van der Waals surface area contributed by atoms with Gasteiger partial charge in [0.15, 0.2) is 17.3 Å². The van der Waals surface area contributed by atoms with E-state index in [1.54, 1.807) is 0 Å². The maximum absolute atomic E-state index is 13.7. The van der Waals surface area contributed by atoms with Gasteiger partial charge in [-0.25, -0.2) is 4.68 Å². The number of nitrogens with zero attached hydrogens (tertiary/aromatic N) is 6. The third-order valence-corrected chi connectivity index (χ3v) is 8.92. The molecule has 4 heterocycles. The minimum atomic E-state index is -0.321. The smallest absolute Gasteiger partial charge is 0.253 e. The van der Waals surface area contributed by atoms with Gasteiger partial charge in [-0.15, -0.1) is 5.10 Å². The summed E-state index contributed by atoms with van der Waals surface area (Å²) in [5, 5.41) is 14.1. The number of aromatic nitrogens is 5. The lowest BCUT2D eigenvalue weighted by molar-refractivity contribution is 0.0988. The topological polar surface area (TPSA) is 101 Å². The Kier molecular flexibility index (Phi) is 6.51. The van der Waals surface area contributed by atoms with Gasteiger partial charge in [0.2, 0.25) is 6.79 Å². The second kappa shape index (κ2) is 10.3. The highest BCUT2D eigenvalue weighted by molar-refractivity contribution is 5.83. The van der Waals surface area contributed by atoms with Gasteiger partial charge in [-0.1, -0.05) is 31.0 Å². The Balaban J connectivity index is 1.20. The maximum atomic E-state index is 13.7. The van der Waals surface area contributed by atoms with Gasteiger partial charge in [0.25, 0.3) is 5.56 Å². The number of rotatable bonds is 6. The highest BCUT2D eigenvalue weighted by atomic mass is 16.7. The fraction of sp³-hybridized carbons (Fsp3) is 0.467. The molecule has 4 aromatic rings. The van der Waals surface area contributed by atoms with E-state index in [9.17, 15) is 4.79 Å². The Bertz CT molecular complexity index is 1600. The van der Waals surface area contributed by atoms with Crippen LogP contribution in [0.25, 0.3) is 10.9 Å². The zero-order chi connectivity index (χ0) is 27.2. The molecule has 1 N–H and O–H groups in total. The fourth-order valence-corrected chi connectivity index (χ4v) is 6.51. The Hall–Kier alpha value is -3.76. The summed E-state index contributed by atoms with van der Waals surface area (Å²) in [6, 6.07) is 12.4. The molecule has 10 heteroatoms. The molecular weight excluding hydrogens is 506 g/mol. The van der Waals surface area contributed by atoms with Crippen LogP contribution in [0.3, 0.4) is 0 Å². The number of hydrogen-bond donors (Lipinski definition) is 1. The average Bonchev–Trinajstić information content (AvgIpc) is 3.75.